The first-order chi connectivity index (χ1) is 8.79. The van der Waals surface area contributed by atoms with Crippen molar-refractivity contribution in [1.82, 2.24) is 14.6 Å². The Labute approximate surface area is 111 Å². The summed E-state index contributed by atoms with van der Waals surface area (Å²) in [6, 6.07) is 11.2. The lowest BCUT2D eigenvalue weighted by Gasteiger charge is -1.96. The first kappa shape index (κ1) is 11.1. The summed E-state index contributed by atoms with van der Waals surface area (Å²) in [5, 5.41) is 4.37. The number of rotatable bonds is 2. The van der Waals surface area contributed by atoms with E-state index in [-0.39, 0.29) is 0 Å². The third-order valence-corrected chi connectivity index (χ3v) is 3.33. The average molecular weight is 302 g/mol. The van der Waals surface area contributed by atoms with Crippen LogP contribution in [0.15, 0.2) is 47.1 Å². The number of aldehydes is 1. The van der Waals surface area contributed by atoms with E-state index in [2.05, 4.69) is 26.0 Å². The number of carbonyl (C=O) groups excluding carboxylic acids is 1. The van der Waals surface area contributed by atoms with E-state index in [1.54, 1.807) is 22.8 Å². The van der Waals surface area contributed by atoms with E-state index < -0.39 is 0 Å². The minimum atomic E-state index is 0.531. The van der Waals surface area contributed by atoms with E-state index in [4.69, 9.17) is 0 Å². The minimum Gasteiger partial charge on any atom is -0.298 e. The molecule has 0 saturated carbocycles. The van der Waals surface area contributed by atoms with Crippen molar-refractivity contribution in [1.29, 1.82) is 0 Å². The zero-order valence-electron chi connectivity index (χ0n) is 9.25. The highest BCUT2D eigenvalue weighted by Gasteiger charge is 2.11. The van der Waals surface area contributed by atoms with Crippen molar-refractivity contribution in [3.05, 3.63) is 52.6 Å². The van der Waals surface area contributed by atoms with E-state index in [0.29, 0.717) is 17.0 Å². The second-order valence-corrected chi connectivity index (χ2v) is 4.62. The van der Waals surface area contributed by atoms with E-state index in [1.165, 1.54) is 0 Å². The molecular weight excluding hydrogens is 294 g/mol. The van der Waals surface area contributed by atoms with Gasteiger partial charge in [0.05, 0.1) is 5.56 Å². The maximum absolute atomic E-state index is 10.9. The Bertz CT molecular complexity index is 736. The molecule has 4 nitrogen and oxygen atoms in total. The summed E-state index contributed by atoms with van der Waals surface area (Å²) in [4.78, 5) is 15.3. The smallest absolute Gasteiger partial charge is 0.183 e. The zero-order chi connectivity index (χ0) is 12.5. The fourth-order valence-electron chi connectivity index (χ4n) is 1.78. The summed E-state index contributed by atoms with van der Waals surface area (Å²) in [7, 11) is 0. The van der Waals surface area contributed by atoms with Crippen LogP contribution in [0.25, 0.3) is 17.0 Å². The molecule has 0 bridgehead atoms. The van der Waals surface area contributed by atoms with Crippen LogP contribution in [0.2, 0.25) is 0 Å². The highest BCUT2D eigenvalue weighted by molar-refractivity contribution is 9.10. The Hall–Kier alpha value is -2.01. The monoisotopic (exact) mass is 301 g/mol. The molecule has 0 amide bonds. The molecular formula is C13H8BrN3O. The molecule has 3 aromatic rings. The fourth-order valence-corrected chi connectivity index (χ4v) is 2.24. The van der Waals surface area contributed by atoms with Crippen LogP contribution in [0.1, 0.15) is 10.4 Å². The van der Waals surface area contributed by atoms with Gasteiger partial charge in [-0.2, -0.15) is 0 Å². The molecule has 0 unspecified atom stereocenters. The number of aromatic nitrogens is 3. The summed E-state index contributed by atoms with van der Waals surface area (Å²) < 4.78 is 2.53. The molecule has 0 aliphatic heterocycles. The van der Waals surface area contributed by atoms with Crippen LogP contribution in [0, 0.1) is 0 Å². The van der Waals surface area contributed by atoms with E-state index in [9.17, 15) is 4.79 Å². The van der Waals surface area contributed by atoms with Gasteiger partial charge in [0, 0.05) is 16.2 Å². The third-order valence-electron chi connectivity index (χ3n) is 2.63. The van der Waals surface area contributed by atoms with Gasteiger partial charge in [0.25, 0.3) is 0 Å². The van der Waals surface area contributed by atoms with Crippen molar-refractivity contribution in [3.63, 3.8) is 0 Å². The molecule has 0 atom stereocenters. The van der Waals surface area contributed by atoms with Crippen molar-refractivity contribution in [2.45, 2.75) is 0 Å². The Balaban J connectivity index is 2.26. The Morgan fingerprint density at radius 1 is 1.17 bits per heavy atom. The molecule has 0 N–H and O–H groups in total. The molecule has 2 aromatic heterocycles. The van der Waals surface area contributed by atoms with E-state index in [1.807, 2.05) is 24.3 Å². The lowest BCUT2D eigenvalue weighted by molar-refractivity contribution is 0.112. The van der Waals surface area contributed by atoms with Gasteiger partial charge >= 0.3 is 0 Å². The number of benzene rings is 1. The molecule has 0 aliphatic rings. The van der Waals surface area contributed by atoms with Crippen LogP contribution >= 0.6 is 15.9 Å². The number of carbonyl (C=O) groups is 1. The molecule has 1 aromatic carbocycles. The van der Waals surface area contributed by atoms with Crippen LogP contribution in [0.3, 0.4) is 0 Å². The second kappa shape index (κ2) is 4.34. The van der Waals surface area contributed by atoms with Crippen molar-refractivity contribution in [2.24, 2.45) is 0 Å². The van der Waals surface area contributed by atoms with Crippen molar-refractivity contribution < 1.29 is 4.79 Å². The van der Waals surface area contributed by atoms with Gasteiger partial charge in [-0.15, -0.1) is 5.10 Å². The van der Waals surface area contributed by atoms with Gasteiger partial charge in [0.15, 0.2) is 17.8 Å². The number of fused-ring (bicyclic) bond motifs is 1. The highest BCUT2D eigenvalue weighted by Crippen LogP contribution is 2.25. The lowest BCUT2D eigenvalue weighted by atomic mass is 10.2. The summed E-state index contributed by atoms with van der Waals surface area (Å²) >= 11 is 3.47. The van der Waals surface area contributed by atoms with Crippen molar-refractivity contribution >= 4 is 27.9 Å². The second-order valence-electron chi connectivity index (χ2n) is 3.76. The maximum atomic E-state index is 10.9. The molecule has 0 saturated heterocycles. The first-order valence-electron chi connectivity index (χ1n) is 5.35. The molecule has 0 spiro atoms. The van der Waals surface area contributed by atoms with Gasteiger partial charge in [0.2, 0.25) is 0 Å². The predicted octanol–water partition coefficient (Wildman–Crippen LogP) is 2.97. The molecule has 0 fully saturated rings. The quantitative estimate of drug-likeness (QED) is 0.684. The summed E-state index contributed by atoms with van der Waals surface area (Å²) in [6.07, 6.45) is 2.56. The largest absolute Gasteiger partial charge is 0.298 e. The Morgan fingerprint density at radius 2 is 2.00 bits per heavy atom. The van der Waals surface area contributed by atoms with Crippen LogP contribution in [0.4, 0.5) is 0 Å². The van der Waals surface area contributed by atoms with Gasteiger partial charge < -0.3 is 0 Å². The molecule has 0 radical (unpaired) electrons. The fraction of sp³-hybridized carbons (Fsp3) is 0. The van der Waals surface area contributed by atoms with Gasteiger partial charge in [-0.05, 0) is 24.3 Å². The van der Waals surface area contributed by atoms with E-state index >= 15 is 0 Å². The van der Waals surface area contributed by atoms with Crippen LogP contribution in [-0.2, 0) is 0 Å². The summed E-state index contributed by atoms with van der Waals surface area (Å²) in [5.74, 6) is 0.594. The Morgan fingerprint density at radius 3 is 2.78 bits per heavy atom. The van der Waals surface area contributed by atoms with Gasteiger partial charge in [-0.1, -0.05) is 28.1 Å². The third kappa shape index (κ3) is 1.73. The van der Waals surface area contributed by atoms with Gasteiger partial charge in [-0.25, -0.2) is 9.50 Å². The number of nitrogens with zero attached hydrogens (tertiary/aromatic N) is 3. The first-order valence-corrected chi connectivity index (χ1v) is 6.14. The normalized spacial score (nSPS) is 10.7. The standard InChI is InChI=1S/C13H8BrN3O/c14-11-6-2-1-5-10(11)12-15-13-9(8-18)4-3-7-17(13)16-12/h1-8H. The summed E-state index contributed by atoms with van der Waals surface area (Å²) in [5.41, 5.74) is 2.00. The topological polar surface area (TPSA) is 47.3 Å². The van der Waals surface area contributed by atoms with Crippen molar-refractivity contribution in [2.75, 3.05) is 0 Å². The number of hydrogen-bond donors (Lipinski definition) is 0. The van der Waals surface area contributed by atoms with Crippen molar-refractivity contribution in [3.8, 4) is 11.4 Å². The minimum absolute atomic E-state index is 0.531. The van der Waals surface area contributed by atoms with Crippen LogP contribution < -0.4 is 0 Å². The molecule has 2 heterocycles. The molecule has 18 heavy (non-hydrogen) atoms. The van der Waals surface area contributed by atoms with Crippen LogP contribution in [-0.4, -0.2) is 20.9 Å². The number of hydrogen-bond acceptors (Lipinski definition) is 3. The Kier molecular flexibility index (Phi) is 2.68. The number of pyridine rings is 1. The molecule has 5 heteroatoms. The molecule has 0 aliphatic carbocycles. The number of halogens is 1. The van der Waals surface area contributed by atoms with Gasteiger partial charge in [-0.3, -0.25) is 4.79 Å². The SMILES string of the molecule is O=Cc1cccn2nc(-c3ccccc3Br)nc12. The highest BCUT2D eigenvalue weighted by atomic mass is 79.9. The molecule has 3 rings (SSSR count). The maximum Gasteiger partial charge on any atom is 0.183 e. The summed E-state index contributed by atoms with van der Waals surface area (Å²) in [6.45, 7) is 0. The predicted molar refractivity (Wildman–Crippen MR) is 71.5 cm³/mol. The van der Waals surface area contributed by atoms with E-state index in [0.717, 1.165) is 16.3 Å². The zero-order valence-corrected chi connectivity index (χ0v) is 10.8. The molecule has 88 valence electrons. The lowest BCUT2D eigenvalue weighted by Crippen LogP contribution is -1.90. The average Bonchev–Trinajstić information content (AvgIpc) is 2.82. The van der Waals surface area contributed by atoms with Gasteiger partial charge in [0.1, 0.15) is 0 Å². The van der Waals surface area contributed by atoms with Crippen LogP contribution in [0.5, 0.6) is 0 Å².